The lowest BCUT2D eigenvalue weighted by molar-refractivity contribution is 0.100. The van der Waals surface area contributed by atoms with Gasteiger partial charge >= 0.3 is 0 Å². The topological polar surface area (TPSA) is 71.8 Å². The van der Waals surface area contributed by atoms with Crippen LogP contribution in [0.3, 0.4) is 0 Å². The summed E-state index contributed by atoms with van der Waals surface area (Å²) in [5.41, 5.74) is 6.09. The van der Waals surface area contributed by atoms with Gasteiger partial charge in [0.15, 0.2) is 0 Å². The molecule has 0 spiro atoms. The molecule has 2 heterocycles. The second-order valence-electron chi connectivity index (χ2n) is 2.58. The maximum atomic E-state index is 10.9. The second-order valence-corrected chi connectivity index (χ2v) is 2.99. The van der Waals surface area contributed by atoms with E-state index in [1.807, 2.05) is 0 Å². The fourth-order valence-electron chi connectivity index (χ4n) is 1.21. The van der Waals surface area contributed by atoms with Crippen molar-refractivity contribution in [2.75, 3.05) is 0 Å². The Labute approximate surface area is 78.7 Å². The predicted molar refractivity (Wildman–Crippen MR) is 49.6 cm³/mol. The number of nitrogens with zero attached hydrogens (tertiary/aromatic N) is 1. The number of nitrogens with one attached hydrogen (secondary N) is 1. The molecule has 2 aromatic heterocycles. The Morgan fingerprint density at radius 1 is 1.62 bits per heavy atom. The zero-order valence-electron chi connectivity index (χ0n) is 6.54. The summed E-state index contributed by atoms with van der Waals surface area (Å²) in [5, 5.41) is 1.05. The van der Waals surface area contributed by atoms with E-state index < -0.39 is 5.91 Å². The number of nitrogens with two attached hydrogens (primary N) is 1. The van der Waals surface area contributed by atoms with Gasteiger partial charge in [-0.2, -0.15) is 0 Å². The molecular formula is C8H6ClN3O. The van der Waals surface area contributed by atoms with Crippen LogP contribution >= 0.6 is 11.6 Å². The molecule has 2 aromatic rings. The highest BCUT2D eigenvalue weighted by Crippen LogP contribution is 2.24. The standard InChI is InChI=1S/C8H6ClN3O/c9-5-1-2-11-8-6(5)4(3-12-8)7(10)13/h1-3H,(H2,10,13)(H,11,12). The van der Waals surface area contributed by atoms with Crippen LogP contribution in [0.2, 0.25) is 5.02 Å². The largest absolute Gasteiger partial charge is 0.366 e. The SMILES string of the molecule is NC(=O)c1c[nH]c2nccc(Cl)c12. The van der Waals surface area contributed by atoms with E-state index in [-0.39, 0.29) is 0 Å². The molecule has 4 nitrogen and oxygen atoms in total. The van der Waals surface area contributed by atoms with E-state index in [4.69, 9.17) is 17.3 Å². The summed E-state index contributed by atoms with van der Waals surface area (Å²) < 4.78 is 0. The number of halogens is 1. The molecule has 5 heteroatoms. The van der Waals surface area contributed by atoms with Crippen molar-refractivity contribution in [1.82, 2.24) is 9.97 Å². The summed E-state index contributed by atoms with van der Waals surface area (Å²) >= 11 is 5.88. The molecule has 0 aromatic carbocycles. The molecular weight excluding hydrogens is 190 g/mol. The molecule has 0 fully saturated rings. The Balaban J connectivity index is 2.86. The van der Waals surface area contributed by atoms with Gasteiger partial charge in [0, 0.05) is 12.4 Å². The quantitative estimate of drug-likeness (QED) is 0.720. The molecule has 0 aliphatic carbocycles. The molecule has 0 atom stereocenters. The number of primary amides is 1. The first-order chi connectivity index (χ1) is 6.20. The molecule has 2 rings (SSSR count). The van der Waals surface area contributed by atoms with Gasteiger partial charge in [-0.25, -0.2) is 4.98 Å². The van der Waals surface area contributed by atoms with E-state index in [0.29, 0.717) is 21.6 Å². The summed E-state index contributed by atoms with van der Waals surface area (Å²) in [4.78, 5) is 17.8. The van der Waals surface area contributed by atoms with Crippen molar-refractivity contribution in [3.05, 3.63) is 29.0 Å². The molecule has 66 valence electrons. The van der Waals surface area contributed by atoms with E-state index in [9.17, 15) is 4.79 Å². The molecule has 0 aliphatic heterocycles. The lowest BCUT2D eigenvalue weighted by atomic mass is 10.2. The van der Waals surface area contributed by atoms with E-state index in [0.717, 1.165) is 0 Å². The highest BCUT2D eigenvalue weighted by Gasteiger charge is 2.11. The van der Waals surface area contributed by atoms with Gasteiger partial charge in [0.1, 0.15) is 5.65 Å². The lowest BCUT2D eigenvalue weighted by Crippen LogP contribution is -2.09. The van der Waals surface area contributed by atoms with Crippen LogP contribution in [0.15, 0.2) is 18.5 Å². The van der Waals surface area contributed by atoms with Gasteiger partial charge in [-0.05, 0) is 6.07 Å². The molecule has 0 radical (unpaired) electrons. The second kappa shape index (κ2) is 2.74. The van der Waals surface area contributed by atoms with Crippen molar-refractivity contribution in [2.24, 2.45) is 5.73 Å². The summed E-state index contributed by atoms with van der Waals surface area (Å²) in [6.45, 7) is 0. The summed E-state index contributed by atoms with van der Waals surface area (Å²) in [6.07, 6.45) is 3.07. The van der Waals surface area contributed by atoms with E-state index in [2.05, 4.69) is 9.97 Å². The van der Waals surface area contributed by atoms with Crippen LogP contribution in [0.1, 0.15) is 10.4 Å². The van der Waals surface area contributed by atoms with Crippen LogP contribution in [0.25, 0.3) is 11.0 Å². The fourth-order valence-corrected chi connectivity index (χ4v) is 1.46. The van der Waals surface area contributed by atoms with Crippen molar-refractivity contribution >= 4 is 28.5 Å². The highest BCUT2D eigenvalue weighted by molar-refractivity contribution is 6.36. The minimum atomic E-state index is -0.513. The van der Waals surface area contributed by atoms with E-state index in [1.54, 1.807) is 12.3 Å². The van der Waals surface area contributed by atoms with Crippen LogP contribution in [0.5, 0.6) is 0 Å². The van der Waals surface area contributed by atoms with E-state index >= 15 is 0 Å². The zero-order chi connectivity index (χ0) is 9.42. The van der Waals surface area contributed by atoms with Crippen LogP contribution in [0.4, 0.5) is 0 Å². The molecule has 3 N–H and O–H groups in total. The normalized spacial score (nSPS) is 10.5. The van der Waals surface area contributed by atoms with Gasteiger partial charge < -0.3 is 10.7 Å². The van der Waals surface area contributed by atoms with Gasteiger partial charge in [0.05, 0.1) is 16.0 Å². The third kappa shape index (κ3) is 1.15. The van der Waals surface area contributed by atoms with Crippen molar-refractivity contribution in [3.8, 4) is 0 Å². The Bertz CT molecular complexity index is 477. The maximum absolute atomic E-state index is 10.9. The minimum Gasteiger partial charge on any atom is -0.366 e. The van der Waals surface area contributed by atoms with Crippen molar-refractivity contribution in [2.45, 2.75) is 0 Å². The van der Waals surface area contributed by atoms with E-state index in [1.165, 1.54) is 6.20 Å². The van der Waals surface area contributed by atoms with Crippen LogP contribution in [-0.4, -0.2) is 15.9 Å². The Morgan fingerprint density at radius 3 is 3.08 bits per heavy atom. The Morgan fingerprint density at radius 2 is 2.38 bits per heavy atom. The van der Waals surface area contributed by atoms with Gasteiger partial charge in [-0.3, -0.25) is 4.79 Å². The average molecular weight is 196 g/mol. The number of amides is 1. The first-order valence-corrected chi connectivity index (χ1v) is 3.99. The summed E-state index contributed by atoms with van der Waals surface area (Å²) in [6, 6.07) is 1.62. The Kier molecular flexibility index (Phi) is 1.70. The Hall–Kier alpha value is -1.55. The number of pyridine rings is 1. The van der Waals surface area contributed by atoms with Gasteiger partial charge in [-0.15, -0.1) is 0 Å². The highest BCUT2D eigenvalue weighted by atomic mass is 35.5. The smallest absolute Gasteiger partial charge is 0.250 e. The first kappa shape index (κ1) is 8.07. The maximum Gasteiger partial charge on any atom is 0.250 e. The van der Waals surface area contributed by atoms with Crippen LogP contribution < -0.4 is 5.73 Å². The number of hydrogen-bond acceptors (Lipinski definition) is 2. The monoisotopic (exact) mass is 195 g/mol. The molecule has 0 aliphatic rings. The third-order valence-electron chi connectivity index (χ3n) is 1.79. The van der Waals surface area contributed by atoms with Gasteiger partial charge in [-0.1, -0.05) is 11.6 Å². The number of aromatic nitrogens is 2. The van der Waals surface area contributed by atoms with Gasteiger partial charge in [0.2, 0.25) is 0 Å². The van der Waals surface area contributed by atoms with Crippen molar-refractivity contribution < 1.29 is 4.79 Å². The van der Waals surface area contributed by atoms with Crippen LogP contribution in [0, 0.1) is 0 Å². The number of aromatic amines is 1. The number of fused-ring (bicyclic) bond motifs is 1. The number of carbonyl (C=O) groups excluding carboxylic acids is 1. The molecule has 0 saturated heterocycles. The zero-order valence-corrected chi connectivity index (χ0v) is 7.30. The van der Waals surface area contributed by atoms with Crippen LogP contribution in [-0.2, 0) is 0 Å². The molecule has 0 unspecified atom stereocenters. The molecule has 0 bridgehead atoms. The summed E-state index contributed by atoms with van der Waals surface area (Å²) in [5.74, 6) is -0.513. The molecule has 13 heavy (non-hydrogen) atoms. The molecule has 1 amide bonds. The predicted octanol–water partition coefficient (Wildman–Crippen LogP) is 1.32. The number of carbonyl (C=O) groups is 1. The third-order valence-corrected chi connectivity index (χ3v) is 2.10. The fraction of sp³-hybridized carbons (Fsp3) is 0. The first-order valence-electron chi connectivity index (χ1n) is 3.61. The summed E-state index contributed by atoms with van der Waals surface area (Å²) in [7, 11) is 0. The average Bonchev–Trinajstić information content (AvgIpc) is 2.49. The van der Waals surface area contributed by atoms with Crippen molar-refractivity contribution in [1.29, 1.82) is 0 Å². The van der Waals surface area contributed by atoms with Gasteiger partial charge in [0.25, 0.3) is 5.91 Å². The number of H-pyrrole nitrogens is 1. The number of hydrogen-bond donors (Lipinski definition) is 2. The minimum absolute atomic E-state index is 0.369. The molecule has 0 saturated carbocycles. The van der Waals surface area contributed by atoms with Crippen molar-refractivity contribution in [3.63, 3.8) is 0 Å². The number of rotatable bonds is 1. The lowest BCUT2D eigenvalue weighted by Gasteiger charge is -1.94.